The molecule has 3 rings (SSSR count). The van der Waals surface area contributed by atoms with Gasteiger partial charge in [0.2, 0.25) is 5.91 Å². The molecule has 2 unspecified atom stereocenters. The second kappa shape index (κ2) is 7.44. The van der Waals surface area contributed by atoms with Crippen LogP contribution in [0.4, 0.5) is 5.69 Å². The van der Waals surface area contributed by atoms with Gasteiger partial charge < -0.3 is 10.2 Å². The van der Waals surface area contributed by atoms with E-state index in [1.807, 2.05) is 18.0 Å². The SMILES string of the molecule is CNCC1CCN(CC(=O)N2c3ccccc3CC2C)C1.Cl. The van der Waals surface area contributed by atoms with E-state index < -0.39 is 0 Å². The lowest BCUT2D eigenvalue weighted by atomic mass is 10.1. The Kier molecular flexibility index (Phi) is 5.84. The Morgan fingerprint density at radius 1 is 1.36 bits per heavy atom. The van der Waals surface area contributed by atoms with Crippen molar-refractivity contribution >= 4 is 24.0 Å². The lowest BCUT2D eigenvalue weighted by Gasteiger charge is -2.25. The summed E-state index contributed by atoms with van der Waals surface area (Å²) in [7, 11) is 2.00. The molecule has 2 aliphatic heterocycles. The number of para-hydroxylation sites is 1. The summed E-state index contributed by atoms with van der Waals surface area (Å²) in [6.45, 7) is 5.83. The van der Waals surface area contributed by atoms with Gasteiger partial charge in [0.1, 0.15) is 0 Å². The molecule has 0 bridgehead atoms. The van der Waals surface area contributed by atoms with Gasteiger partial charge in [0, 0.05) is 18.3 Å². The second-order valence-corrected chi connectivity index (χ2v) is 6.39. The highest BCUT2D eigenvalue weighted by atomic mass is 35.5. The third-order valence-corrected chi connectivity index (χ3v) is 4.70. The molecule has 2 atom stereocenters. The van der Waals surface area contributed by atoms with Gasteiger partial charge in [0.25, 0.3) is 0 Å². The van der Waals surface area contributed by atoms with Gasteiger partial charge in [-0.25, -0.2) is 0 Å². The maximum Gasteiger partial charge on any atom is 0.241 e. The first-order valence-corrected chi connectivity index (χ1v) is 7.96. The molecule has 2 heterocycles. The van der Waals surface area contributed by atoms with Gasteiger partial charge in [-0.3, -0.25) is 9.69 Å². The van der Waals surface area contributed by atoms with E-state index in [0.717, 1.165) is 31.7 Å². The van der Waals surface area contributed by atoms with E-state index in [1.165, 1.54) is 12.0 Å². The topological polar surface area (TPSA) is 35.6 Å². The highest BCUT2D eigenvalue weighted by Crippen LogP contribution is 2.32. The number of amides is 1. The van der Waals surface area contributed by atoms with Crippen molar-refractivity contribution in [3.63, 3.8) is 0 Å². The molecule has 1 aromatic rings. The van der Waals surface area contributed by atoms with Crippen LogP contribution >= 0.6 is 12.4 Å². The van der Waals surface area contributed by atoms with Crippen molar-refractivity contribution in [2.75, 3.05) is 38.1 Å². The van der Waals surface area contributed by atoms with Crippen LogP contribution in [0.25, 0.3) is 0 Å². The third-order valence-electron chi connectivity index (χ3n) is 4.70. The van der Waals surface area contributed by atoms with Gasteiger partial charge >= 0.3 is 0 Å². The number of carbonyl (C=O) groups excluding carboxylic acids is 1. The Balaban J connectivity index is 0.00000176. The van der Waals surface area contributed by atoms with Gasteiger partial charge in [-0.15, -0.1) is 12.4 Å². The zero-order chi connectivity index (χ0) is 14.8. The number of carbonyl (C=O) groups is 1. The predicted molar refractivity (Wildman–Crippen MR) is 92.8 cm³/mol. The van der Waals surface area contributed by atoms with Crippen LogP contribution in [0.5, 0.6) is 0 Å². The fraction of sp³-hybridized carbons (Fsp3) is 0.588. The van der Waals surface area contributed by atoms with Gasteiger partial charge in [-0.1, -0.05) is 18.2 Å². The first-order valence-electron chi connectivity index (χ1n) is 7.96. The molecule has 4 nitrogen and oxygen atoms in total. The van der Waals surface area contributed by atoms with Gasteiger partial charge in [0.15, 0.2) is 0 Å². The van der Waals surface area contributed by atoms with Crippen molar-refractivity contribution in [1.82, 2.24) is 10.2 Å². The van der Waals surface area contributed by atoms with E-state index in [9.17, 15) is 4.79 Å². The zero-order valence-corrected chi connectivity index (χ0v) is 14.2. The summed E-state index contributed by atoms with van der Waals surface area (Å²) >= 11 is 0. The van der Waals surface area contributed by atoms with E-state index in [-0.39, 0.29) is 24.4 Å². The molecule has 1 saturated heterocycles. The largest absolute Gasteiger partial charge is 0.319 e. The van der Waals surface area contributed by atoms with Crippen molar-refractivity contribution in [3.8, 4) is 0 Å². The summed E-state index contributed by atoms with van der Waals surface area (Å²) in [4.78, 5) is 17.0. The quantitative estimate of drug-likeness (QED) is 0.919. The summed E-state index contributed by atoms with van der Waals surface area (Å²) < 4.78 is 0. The minimum atomic E-state index is 0. The van der Waals surface area contributed by atoms with E-state index in [0.29, 0.717) is 12.5 Å². The fourth-order valence-corrected chi connectivity index (χ4v) is 3.72. The van der Waals surface area contributed by atoms with Gasteiger partial charge in [-0.05, 0) is 57.5 Å². The Bertz CT molecular complexity index is 522. The monoisotopic (exact) mass is 323 g/mol. The molecular weight excluding hydrogens is 298 g/mol. The summed E-state index contributed by atoms with van der Waals surface area (Å²) in [5, 5.41) is 3.24. The van der Waals surface area contributed by atoms with Crippen LogP contribution in [0.2, 0.25) is 0 Å². The summed E-state index contributed by atoms with van der Waals surface area (Å²) in [6, 6.07) is 8.58. The Morgan fingerprint density at radius 2 is 2.14 bits per heavy atom. The number of nitrogens with one attached hydrogen (secondary N) is 1. The molecule has 1 amide bonds. The van der Waals surface area contributed by atoms with Crippen molar-refractivity contribution in [2.24, 2.45) is 5.92 Å². The lowest BCUT2D eigenvalue weighted by molar-refractivity contribution is -0.119. The molecule has 0 aromatic heterocycles. The number of benzene rings is 1. The van der Waals surface area contributed by atoms with Crippen LogP contribution in [0.3, 0.4) is 0 Å². The first-order chi connectivity index (χ1) is 10.2. The van der Waals surface area contributed by atoms with Crippen molar-refractivity contribution < 1.29 is 4.79 Å². The molecule has 122 valence electrons. The van der Waals surface area contributed by atoms with E-state index in [2.05, 4.69) is 35.3 Å². The van der Waals surface area contributed by atoms with E-state index in [4.69, 9.17) is 0 Å². The van der Waals surface area contributed by atoms with Crippen LogP contribution < -0.4 is 10.2 Å². The maximum atomic E-state index is 12.7. The molecule has 1 fully saturated rings. The van der Waals surface area contributed by atoms with Gasteiger partial charge in [-0.2, -0.15) is 0 Å². The number of halogens is 1. The van der Waals surface area contributed by atoms with Crippen LogP contribution in [0.1, 0.15) is 18.9 Å². The summed E-state index contributed by atoms with van der Waals surface area (Å²) in [6.07, 6.45) is 2.17. The highest BCUT2D eigenvalue weighted by molar-refractivity contribution is 5.97. The molecule has 1 N–H and O–H groups in total. The zero-order valence-electron chi connectivity index (χ0n) is 13.4. The average Bonchev–Trinajstić information content (AvgIpc) is 3.02. The number of likely N-dealkylation sites (tertiary alicyclic amines) is 1. The smallest absolute Gasteiger partial charge is 0.241 e. The Morgan fingerprint density at radius 3 is 2.91 bits per heavy atom. The lowest BCUT2D eigenvalue weighted by Crippen LogP contribution is -2.42. The minimum absolute atomic E-state index is 0. The molecule has 0 radical (unpaired) electrons. The Labute approximate surface area is 139 Å². The molecule has 5 heteroatoms. The average molecular weight is 324 g/mol. The standard InChI is InChI=1S/C17H25N3O.ClH/c1-13-9-15-5-3-4-6-16(15)20(13)17(21)12-19-8-7-14(11-19)10-18-2;/h3-6,13-14,18H,7-12H2,1-2H3;1H. The normalized spacial score (nSPS) is 24.2. The van der Waals surface area contributed by atoms with Gasteiger partial charge in [0.05, 0.1) is 6.54 Å². The third kappa shape index (κ3) is 3.45. The number of rotatable bonds is 4. The number of nitrogens with zero attached hydrogens (tertiary/aromatic N) is 2. The summed E-state index contributed by atoms with van der Waals surface area (Å²) in [5.41, 5.74) is 2.41. The number of anilines is 1. The fourth-order valence-electron chi connectivity index (χ4n) is 3.72. The molecule has 22 heavy (non-hydrogen) atoms. The number of hydrogen-bond donors (Lipinski definition) is 1. The molecule has 0 aliphatic carbocycles. The minimum Gasteiger partial charge on any atom is -0.319 e. The molecule has 2 aliphatic rings. The molecule has 0 spiro atoms. The van der Waals surface area contributed by atoms with Crippen molar-refractivity contribution in [2.45, 2.75) is 25.8 Å². The molecule has 0 saturated carbocycles. The molecule has 1 aromatic carbocycles. The number of fused-ring (bicyclic) bond motifs is 1. The summed E-state index contributed by atoms with van der Waals surface area (Å²) in [5.74, 6) is 0.934. The van der Waals surface area contributed by atoms with Crippen LogP contribution in [0, 0.1) is 5.92 Å². The van der Waals surface area contributed by atoms with E-state index >= 15 is 0 Å². The molecular formula is C17H26ClN3O. The van der Waals surface area contributed by atoms with Crippen molar-refractivity contribution in [1.29, 1.82) is 0 Å². The number of hydrogen-bond acceptors (Lipinski definition) is 3. The van der Waals surface area contributed by atoms with E-state index in [1.54, 1.807) is 0 Å². The maximum absolute atomic E-state index is 12.7. The predicted octanol–water partition coefficient (Wildman–Crippen LogP) is 1.93. The second-order valence-electron chi connectivity index (χ2n) is 6.39. The van der Waals surface area contributed by atoms with Crippen LogP contribution in [0.15, 0.2) is 24.3 Å². The Hall–Kier alpha value is -1.10. The first kappa shape index (κ1) is 17.3. The van der Waals surface area contributed by atoms with Crippen LogP contribution in [-0.4, -0.2) is 50.1 Å². The highest BCUT2D eigenvalue weighted by Gasteiger charge is 2.32. The van der Waals surface area contributed by atoms with Crippen molar-refractivity contribution in [3.05, 3.63) is 29.8 Å². The van der Waals surface area contributed by atoms with Crippen LogP contribution in [-0.2, 0) is 11.2 Å².